The van der Waals surface area contributed by atoms with Crippen LogP contribution in [0.4, 0.5) is 0 Å². The van der Waals surface area contributed by atoms with Crippen LogP contribution in [0.1, 0.15) is 45.1 Å². The van der Waals surface area contributed by atoms with Gasteiger partial charge in [0.15, 0.2) is 0 Å². The first-order valence-corrected chi connectivity index (χ1v) is 8.54. The highest BCUT2D eigenvalue weighted by molar-refractivity contribution is 5.80. The summed E-state index contributed by atoms with van der Waals surface area (Å²) in [5.74, 6) is -1.47. The summed E-state index contributed by atoms with van der Waals surface area (Å²) in [7, 11) is 0. The van der Waals surface area contributed by atoms with Crippen LogP contribution < -0.4 is 5.32 Å². The van der Waals surface area contributed by atoms with Gasteiger partial charge in [-0.15, -0.1) is 0 Å². The fraction of sp³-hybridized carbons (Fsp3) is 0.579. The summed E-state index contributed by atoms with van der Waals surface area (Å²) in [6.07, 6.45) is 2.65. The number of aliphatic carboxylic acids is 1. The van der Waals surface area contributed by atoms with Crippen LogP contribution in [0.15, 0.2) is 30.3 Å². The maximum Gasteiger partial charge on any atom is 0.306 e. The summed E-state index contributed by atoms with van der Waals surface area (Å²) in [6.45, 7) is 4.76. The van der Waals surface area contributed by atoms with Crippen molar-refractivity contribution in [3.63, 3.8) is 0 Å². The van der Waals surface area contributed by atoms with Gasteiger partial charge in [0.2, 0.25) is 5.91 Å². The van der Waals surface area contributed by atoms with Crippen molar-refractivity contribution in [3.8, 4) is 0 Å². The van der Waals surface area contributed by atoms with Crippen LogP contribution in [0.2, 0.25) is 0 Å². The second kappa shape index (κ2) is 8.29. The molecule has 1 aliphatic rings. The molecule has 1 aromatic rings. The van der Waals surface area contributed by atoms with E-state index >= 15 is 0 Å². The van der Waals surface area contributed by atoms with Gasteiger partial charge in [-0.2, -0.15) is 0 Å². The van der Waals surface area contributed by atoms with E-state index in [-0.39, 0.29) is 11.8 Å². The van der Waals surface area contributed by atoms with E-state index in [9.17, 15) is 9.59 Å². The first-order chi connectivity index (χ1) is 11.4. The molecule has 0 aliphatic heterocycles. The number of rotatable bonds is 7. The first-order valence-electron chi connectivity index (χ1n) is 8.54. The summed E-state index contributed by atoms with van der Waals surface area (Å²) in [5.41, 5.74) is 0.610. The molecule has 2 unspecified atom stereocenters. The van der Waals surface area contributed by atoms with Gasteiger partial charge in [-0.3, -0.25) is 9.59 Å². The van der Waals surface area contributed by atoms with Gasteiger partial charge in [-0.25, -0.2) is 0 Å². The Balaban J connectivity index is 1.79. The normalized spacial score (nSPS) is 21.2. The third kappa shape index (κ3) is 5.64. The molecule has 132 valence electrons. The lowest BCUT2D eigenvalue weighted by atomic mass is 9.80. The monoisotopic (exact) mass is 333 g/mol. The number of hydrogen-bond acceptors (Lipinski definition) is 3. The zero-order chi connectivity index (χ0) is 17.6. The lowest BCUT2D eigenvalue weighted by Gasteiger charge is -2.31. The number of carbonyl (C=O) groups excluding carboxylic acids is 1. The van der Waals surface area contributed by atoms with E-state index in [2.05, 4.69) is 5.32 Å². The molecule has 0 aromatic heterocycles. The molecule has 5 heteroatoms. The second-order valence-electron chi connectivity index (χ2n) is 7.25. The molecule has 1 aromatic carbocycles. The minimum absolute atomic E-state index is 0.0609. The summed E-state index contributed by atoms with van der Waals surface area (Å²) in [5, 5.41) is 12.2. The zero-order valence-corrected chi connectivity index (χ0v) is 14.5. The molecule has 1 amide bonds. The van der Waals surface area contributed by atoms with Crippen molar-refractivity contribution < 1.29 is 19.4 Å². The smallest absolute Gasteiger partial charge is 0.306 e. The lowest BCUT2D eigenvalue weighted by molar-refractivity contribution is -0.144. The van der Waals surface area contributed by atoms with Gasteiger partial charge in [-0.05, 0) is 38.7 Å². The minimum Gasteiger partial charge on any atom is -0.481 e. The number of nitrogens with one attached hydrogen (secondary N) is 1. The third-order valence-electron chi connectivity index (χ3n) is 4.43. The number of ether oxygens (including phenoxy) is 1. The molecule has 2 atom stereocenters. The zero-order valence-electron chi connectivity index (χ0n) is 14.5. The molecule has 2 rings (SSSR count). The van der Waals surface area contributed by atoms with E-state index in [1.54, 1.807) is 0 Å². The maximum atomic E-state index is 12.5. The molecule has 0 heterocycles. The number of amides is 1. The standard InChI is InChI=1S/C19H27NO4/c1-19(2,13-24-12-14-7-4-3-5-8-14)20-17(21)15-9-6-10-16(11-15)18(22)23/h3-5,7-8,15-16H,6,9-13H2,1-2H3,(H,20,21)(H,22,23). The van der Waals surface area contributed by atoms with Crippen molar-refractivity contribution in [3.05, 3.63) is 35.9 Å². The van der Waals surface area contributed by atoms with Crippen LogP contribution in [0.25, 0.3) is 0 Å². The van der Waals surface area contributed by atoms with Crippen molar-refractivity contribution in [2.24, 2.45) is 11.8 Å². The lowest BCUT2D eigenvalue weighted by Crippen LogP contribution is -2.50. The van der Waals surface area contributed by atoms with E-state index in [4.69, 9.17) is 9.84 Å². The predicted molar refractivity (Wildman–Crippen MR) is 91.4 cm³/mol. The Morgan fingerprint density at radius 2 is 1.88 bits per heavy atom. The van der Waals surface area contributed by atoms with E-state index in [1.807, 2.05) is 44.2 Å². The van der Waals surface area contributed by atoms with E-state index in [0.29, 0.717) is 26.1 Å². The number of hydrogen-bond donors (Lipinski definition) is 2. The largest absolute Gasteiger partial charge is 0.481 e. The summed E-state index contributed by atoms with van der Waals surface area (Å²) >= 11 is 0. The van der Waals surface area contributed by atoms with E-state index in [1.165, 1.54) is 0 Å². The third-order valence-corrected chi connectivity index (χ3v) is 4.43. The van der Waals surface area contributed by atoms with E-state index in [0.717, 1.165) is 18.4 Å². The van der Waals surface area contributed by atoms with Crippen LogP contribution >= 0.6 is 0 Å². The fourth-order valence-electron chi connectivity index (χ4n) is 3.12. The Morgan fingerprint density at radius 3 is 2.54 bits per heavy atom. The number of carbonyl (C=O) groups is 2. The summed E-state index contributed by atoms with van der Waals surface area (Å²) in [4.78, 5) is 23.6. The van der Waals surface area contributed by atoms with Crippen LogP contribution in [-0.2, 0) is 20.9 Å². The van der Waals surface area contributed by atoms with Crippen molar-refractivity contribution in [1.82, 2.24) is 5.32 Å². The molecule has 5 nitrogen and oxygen atoms in total. The highest BCUT2D eigenvalue weighted by Crippen LogP contribution is 2.29. The van der Waals surface area contributed by atoms with Crippen molar-refractivity contribution in [1.29, 1.82) is 0 Å². The van der Waals surface area contributed by atoms with Gasteiger partial charge in [0, 0.05) is 5.92 Å². The maximum absolute atomic E-state index is 12.5. The SMILES string of the molecule is CC(C)(COCc1ccccc1)NC(=O)C1CCCC(C(=O)O)C1. The highest BCUT2D eigenvalue weighted by Gasteiger charge is 2.33. The molecule has 0 saturated heterocycles. The van der Waals surface area contributed by atoms with Gasteiger partial charge in [0.1, 0.15) is 0 Å². The highest BCUT2D eigenvalue weighted by atomic mass is 16.5. The molecule has 0 spiro atoms. The van der Waals surface area contributed by atoms with Gasteiger partial charge in [-0.1, -0.05) is 36.8 Å². The van der Waals surface area contributed by atoms with Crippen molar-refractivity contribution in [2.45, 2.75) is 51.7 Å². The average Bonchev–Trinajstić information content (AvgIpc) is 2.55. The van der Waals surface area contributed by atoms with Gasteiger partial charge < -0.3 is 15.2 Å². The van der Waals surface area contributed by atoms with Crippen LogP contribution in [0.3, 0.4) is 0 Å². The van der Waals surface area contributed by atoms with Gasteiger partial charge in [0.25, 0.3) is 0 Å². The second-order valence-corrected chi connectivity index (χ2v) is 7.25. The molecule has 1 fully saturated rings. The Bertz CT molecular complexity index is 556. The van der Waals surface area contributed by atoms with Crippen molar-refractivity contribution >= 4 is 11.9 Å². The van der Waals surface area contributed by atoms with Gasteiger partial charge >= 0.3 is 5.97 Å². The minimum atomic E-state index is -0.794. The topological polar surface area (TPSA) is 75.6 Å². The summed E-state index contributed by atoms with van der Waals surface area (Å²) < 4.78 is 5.72. The molecule has 24 heavy (non-hydrogen) atoms. The molecule has 0 bridgehead atoms. The molecule has 0 radical (unpaired) electrons. The first kappa shape index (κ1) is 18.5. The molecular weight excluding hydrogens is 306 g/mol. The Hall–Kier alpha value is -1.88. The average molecular weight is 333 g/mol. The number of carboxylic acids is 1. The molecular formula is C19H27NO4. The molecule has 1 aliphatic carbocycles. The predicted octanol–water partition coefficient (Wildman–Crippen LogP) is 2.99. The summed E-state index contributed by atoms with van der Waals surface area (Å²) in [6, 6.07) is 9.89. The number of benzene rings is 1. The van der Waals surface area contributed by atoms with Crippen LogP contribution in [-0.4, -0.2) is 29.1 Å². The molecule has 2 N–H and O–H groups in total. The quantitative estimate of drug-likeness (QED) is 0.804. The van der Waals surface area contributed by atoms with E-state index < -0.39 is 17.4 Å². The van der Waals surface area contributed by atoms with Crippen molar-refractivity contribution in [2.75, 3.05) is 6.61 Å². The van der Waals surface area contributed by atoms with Crippen LogP contribution in [0.5, 0.6) is 0 Å². The fourth-order valence-corrected chi connectivity index (χ4v) is 3.12. The van der Waals surface area contributed by atoms with Crippen LogP contribution in [0, 0.1) is 11.8 Å². The Morgan fingerprint density at radius 1 is 1.21 bits per heavy atom. The Labute approximate surface area is 143 Å². The number of carboxylic acid groups (broad SMARTS) is 1. The molecule has 1 saturated carbocycles. The van der Waals surface area contributed by atoms with Gasteiger partial charge in [0.05, 0.1) is 24.7 Å². The Kier molecular flexibility index (Phi) is 6.37.